The zero-order valence-corrected chi connectivity index (χ0v) is 13.9. The highest BCUT2D eigenvalue weighted by molar-refractivity contribution is 14.1. The Hall–Kier alpha value is -1.37. The van der Waals surface area contributed by atoms with Crippen LogP contribution in [0.15, 0.2) is 42.5 Å². The number of hydrogen-bond donors (Lipinski definition) is 1. The molecule has 0 amide bonds. The summed E-state index contributed by atoms with van der Waals surface area (Å²) in [5.41, 5.74) is 3.25. The van der Waals surface area contributed by atoms with Gasteiger partial charge in [0.25, 0.3) is 0 Å². The van der Waals surface area contributed by atoms with E-state index in [4.69, 9.17) is 0 Å². The molecule has 1 unspecified atom stereocenters. The summed E-state index contributed by atoms with van der Waals surface area (Å²) in [5.74, 6) is 0.173. The van der Waals surface area contributed by atoms with E-state index in [-0.39, 0.29) is 11.8 Å². The molecule has 0 saturated heterocycles. The largest absolute Gasteiger partial charge is 0.435 e. The molecule has 2 nitrogen and oxygen atoms in total. The molecule has 0 aliphatic rings. The van der Waals surface area contributed by atoms with Crippen LogP contribution in [0.3, 0.4) is 0 Å². The molecule has 1 N–H and O–H groups in total. The zero-order chi connectivity index (χ0) is 15.4. The number of nitrogens with one attached hydrogen (secondary N) is 1. The molecule has 112 valence electrons. The molecule has 2 rings (SSSR count). The van der Waals surface area contributed by atoms with Crippen molar-refractivity contribution in [3.05, 3.63) is 57.2 Å². The SMILES string of the molecule is Cc1cc(I)ccc1NC(C)c1ccc(OC(F)F)cc1. The minimum absolute atomic E-state index is 0.0735. The molecule has 0 saturated carbocycles. The molecular formula is C16H16F2INO. The quantitative estimate of drug-likeness (QED) is 0.678. The topological polar surface area (TPSA) is 21.3 Å². The van der Waals surface area contributed by atoms with Gasteiger partial charge in [-0.25, -0.2) is 0 Å². The van der Waals surface area contributed by atoms with Crippen LogP contribution < -0.4 is 10.1 Å². The number of halogens is 3. The molecule has 0 radical (unpaired) electrons. The molecule has 0 aliphatic carbocycles. The van der Waals surface area contributed by atoms with Gasteiger partial charge in [-0.05, 0) is 77.9 Å². The number of hydrogen-bond acceptors (Lipinski definition) is 2. The van der Waals surface area contributed by atoms with Crippen molar-refractivity contribution >= 4 is 28.3 Å². The van der Waals surface area contributed by atoms with Gasteiger partial charge in [-0.3, -0.25) is 0 Å². The number of anilines is 1. The molecule has 2 aromatic rings. The number of ether oxygens (including phenoxy) is 1. The number of alkyl halides is 2. The summed E-state index contributed by atoms with van der Waals surface area (Å²) in [6.07, 6.45) is 0. The van der Waals surface area contributed by atoms with Crippen molar-refractivity contribution in [1.82, 2.24) is 0 Å². The van der Waals surface area contributed by atoms with Crippen LogP contribution in [0.5, 0.6) is 5.75 Å². The van der Waals surface area contributed by atoms with Crippen molar-refractivity contribution in [1.29, 1.82) is 0 Å². The Morgan fingerprint density at radius 3 is 2.33 bits per heavy atom. The third kappa shape index (κ3) is 4.56. The molecule has 0 spiro atoms. The van der Waals surface area contributed by atoms with Gasteiger partial charge >= 0.3 is 6.61 Å². The summed E-state index contributed by atoms with van der Waals surface area (Å²) in [5, 5.41) is 3.42. The standard InChI is InChI=1S/C16H16F2INO/c1-10-9-13(19)5-8-15(10)20-11(2)12-3-6-14(7-4-12)21-16(17)18/h3-9,11,16,20H,1-2H3. The van der Waals surface area contributed by atoms with E-state index in [0.717, 1.165) is 11.3 Å². The highest BCUT2D eigenvalue weighted by Crippen LogP contribution is 2.25. The van der Waals surface area contributed by atoms with Crippen LogP contribution in [0.1, 0.15) is 24.1 Å². The van der Waals surface area contributed by atoms with Crippen LogP contribution in [0.4, 0.5) is 14.5 Å². The Morgan fingerprint density at radius 2 is 1.76 bits per heavy atom. The van der Waals surface area contributed by atoms with Gasteiger partial charge in [0.2, 0.25) is 0 Å². The van der Waals surface area contributed by atoms with Crippen LogP contribution in [-0.4, -0.2) is 6.61 Å². The first-order valence-corrected chi connectivity index (χ1v) is 7.61. The predicted molar refractivity (Wildman–Crippen MR) is 89.0 cm³/mol. The zero-order valence-electron chi connectivity index (χ0n) is 11.7. The molecule has 21 heavy (non-hydrogen) atoms. The lowest BCUT2D eigenvalue weighted by Gasteiger charge is -2.18. The van der Waals surface area contributed by atoms with E-state index >= 15 is 0 Å². The van der Waals surface area contributed by atoms with Gasteiger partial charge in [-0.1, -0.05) is 12.1 Å². The van der Waals surface area contributed by atoms with Gasteiger partial charge in [0.15, 0.2) is 0 Å². The Balaban J connectivity index is 2.07. The number of aryl methyl sites for hydroxylation is 1. The first-order chi connectivity index (χ1) is 9.95. The fourth-order valence-electron chi connectivity index (χ4n) is 2.04. The van der Waals surface area contributed by atoms with Gasteiger partial charge in [-0.15, -0.1) is 0 Å². The fourth-order valence-corrected chi connectivity index (χ4v) is 2.69. The van der Waals surface area contributed by atoms with Crippen LogP contribution in [-0.2, 0) is 0 Å². The van der Waals surface area contributed by atoms with E-state index < -0.39 is 6.61 Å². The normalized spacial score (nSPS) is 12.3. The second-order valence-corrected chi connectivity index (χ2v) is 6.02. The van der Waals surface area contributed by atoms with Crippen molar-refractivity contribution in [3.63, 3.8) is 0 Å². The Morgan fingerprint density at radius 1 is 1.10 bits per heavy atom. The molecule has 5 heteroatoms. The molecule has 0 bridgehead atoms. The summed E-state index contributed by atoms with van der Waals surface area (Å²) < 4.78 is 29.8. The van der Waals surface area contributed by atoms with Gasteiger partial charge < -0.3 is 10.1 Å². The second-order valence-electron chi connectivity index (χ2n) is 4.77. The average molecular weight is 403 g/mol. The molecular weight excluding hydrogens is 387 g/mol. The molecule has 1 atom stereocenters. The smallest absolute Gasteiger partial charge is 0.387 e. The molecule has 0 fully saturated rings. The van der Waals surface area contributed by atoms with Gasteiger partial charge in [-0.2, -0.15) is 8.78 Å². The summed E-state index contributed by atoms with van der Waals surface area (Å²) in [4.78, 5) is 0. The number of benzene rings is 2. The van der Waals surface area contributed by atoms with Crippen LogP contribution in [0.25, 0.3) is 0 Å². The molecule has 0 heterocycles. The average Bonchev–Trinajstić information content (AvgIpc) is 2.42. The molecule has 0 aromatic heterocycles. The maximum atomic E-state index is 12.1. The van der Waals surface area contributed by atoms with E-state index in [0.29, 0.717) is 0 Å². The van der Waals surface area contributed by atoms with E-state index in [1.807, 2.05) is 19.1 Å². The second kappa shape index (κ2) is 7.06. The molecule has 0 aliphatic heterocycles. The predicted octanol–water partition coefficient (Wildman–Crippen LogP) is 5.37. The lowest BCUT2D eigenvalue weighted by Crippen LogP contribution is -2.08. The first kappa shape index (κ1) is 16.0. The van der Waals surface area contributed by atoms with Crippen molar-refractivity contribution in [2.45, 2.75) is 26.5 Å². The Bertz CT molecular complexity index is 602. The van der Waals surface area contributed by atoms with Crippen molar-refractivity contribution in [2.24, 2.45) is 0 Å². The number of rotatable bonds is 5. The van der Waals surface area contributed by atoms with Crippen LogP contribution >= 0.6 is 22.6 Å². The van der Waals surface area contributed by atoms with Crippen molar-refractivity contribution in [2.75, 3.05) is 5.32 Å². The maximum absolute atomic E-state index is 12.1. The highest BCUT2D eigenvalue weighted by atomic mass is 127. The van der Waals surface area contributed by atoms with E-state index in [1.165, 1.54) is 9.13 Å². The lowest BCUT2D eigenvalue weighted by atomic mass is 10.1. The Labute approximate surface area is 136 Å². The van der Waals surface area contributed by atoms with E-state index in [2.05, 4.69) is 45.6 Å². The van der Waals surface area contributed by atoms with Gasteiger partial charge in [0.1, 0.15) is 5.75 Å². The maximum Gasteiger partial charge on any atom is 0.387 e. The third-order valence-electron chi connectivity index (χ3n) is 3.17. The third-order valence-corrected chi connectivity index (χ3v) is 3.84. The highest BCUT2D eigenvalue weighted by Gasteiger charge is 2.09. The van der Waals surface area contributed by atoms with Gasteiger partial charge in [0, 0.05) is 15.3 Å². The molecule has 2 aromatic carbocycles. The van der Waals surface area contributed by atoms with E-state index in [9.17, 15) is 8.78 Å². The summed E-state index contributed by atoms with van der Waals surface area (Å²) in [7, 11) is 0. The fraction of sp³-hybridized carbons (Fsp3) is 0.250. The minimum atomic E-state index is -2.79. The lowest BCUT2D eigenvalue weighted by molar-refractivity contribution is -0.0498. The Kier molecular flexibility index (Phi) is 5.39. The van der Waals surface area contributed by atoms with Crippen molar-refractivity contribution < 1.29 is 13.5 Å². The summed E-state index contributed by atoms with van der Waals surface area (Å²) in [6, 6.07) is 13.0. The van der Waals surface area contributed by atoms with E-state index in [1.54, 1.807) is 24.3 Å². The summed E-state index contributed by atoms with van der Waals surface area (Å²) >= 11 is 2.28. The monoisotopic (exact) mass is 403 g/mol. The van der Waals surface area contributed by atoms with Crippen LogP contribution in [0, 0.1) is 10.5 Å². The van der Waals surface area contributed by atoms with Crippen molar-refractivity contribution in [3.8, 4) is 5.75 Å². The van der Waals surface area contributed by atoms with Crippen LogP contribution in [0.2, 0.25) is 0 Å². The first-order valence-electron chi connectivity index (χ1n) is 6.53. The van der Waals surface area contributed by atoms with Gasteiger partial charge in [0.05, 0.1) is 0 Å². The minimum Gasteiger partial charge on any atom is -0.435 e. The summed E-state index contributed by atoms with van der Waals surface area (Å²) in [6.45, 7) is 1.29.